The van der Waals surface area contributed by atoms with Gasteiger partial charge in [0.15, 0.2) is 17.0 Å². The van der Waals surface area contributed by atoms with E-state index in [0.717, 1.165) is 6.07 Å². The number of carbonyl (C=O) groups excluding carboxylic acids is 1. The number of rotatable bonds is 7. The maximum absolute atomic E-state index is 13.8. The summed E-state index contributed by atoms with van der Waals surface area (Å²) in [5.41, 5.74) is -0.0153. The fourth-order valence-corrected chi connectivity index (χ4v) is 3.49. The molecule has 0 aliphatic heterocycles. The van der Waals surface area contributed by atoms with Crippen LogP contribution in [0.1, 0.15) is 28.3 Å². The molecule has 0 atom stereocenters. The van der Waals surface area contributed by atoms with Crippen molar-refractivity contribution in [3.8, 4) is 17.0 Å². The fourth-order valence-electron chi connectivity index (χ4n) is 3.34. The van der Waals surface area contributed by atoms with Crippen molar-refractivity contribution in [1.82, 2.24) is 29.7 Å². The molecule has 1 aromatic carbocycles. The molecule has 3 heterocycles. The molecule has 0 saturated carbocycles. The van der Waals surface area contributed by atoms with E-state index in [1.54, 1.807) is 42.1 Å². The number of methoxy groups -OCH3 is 1. The molecular formula is C22H20ClF3N6O2. The van der Waals surface area contributed by atoms with Crippen molar-refractivity contribution < 1.29 is 22.7 Å². The quantitative estimate of drug-likeness (QED) is 0.386. The summed E-state index contributed by atoms with van der Waals surface area (Å²) in [6, 6.07) is 8.60. The zero-order valence-corrected chi connectivity index (χ0v) is 19.0. The molecule has 0 saturated heterocycles. The summed E-state index contributed by atoms with van der Waals surface area (Å²) in [5, 5.41) is 11.3. The Morgan fingerprint density at radius 1 is 1.18 bits per heavy atom. The van der Waals surface area contributed by atoms with Crippen LogP contribution in [0.25, 0.3) is 16.9 Å². The van der Waals surface area contributed by atoms with Gasteiger partial charge < -0.3 is 10.1 Å². The van der Waals surface area contributed by atoms with E-state index in [-0.39, 0.29) is 23.6 Å². The standard InChI is InChI=1S/C22H20ClF3N6O2/c1-13-16(23)12-31(29-13)9-3-8-27-21(33)18-11-20-28-17(14-4-6-15(34-2)7-5-14)10-19(22(24,25)26)32(20)30-18/h4-7,10-12H,3,8-9H2,1-2H3,(H,27,33). The smallest absolute Gasteiger partial charge is 0.433 e. The maximum Gasteiger partial charge on any atom is 0.433 e. The van der Waals surface area contributed by atoms with Gasteiger partial charge in [-0.15, -0.1) is 0 Å². The molecule has 0 spiro atoms. The summed E-state index contributed by atoms with van der Waals surface area (Å²) >= 11 is 5.96. The summed E-state index contributed by atoms with van der Waals surface area (Å²) in [7, 11) is 1.49. The predicted octanol–water partition coefficient (Wildman–Crippen LogP) is 4.40. The monoisotopic (exact) mass is 492 g/mol. The van der Waals surface area contributed by atoms with E-state index in [0.29, 0.717) is 39.5 Å². The van der Waals surface area contributed by atoms with Crippen molar-refractivity contribution in [1.29, 1.82) is 0 Å². The molecule has 0 bridgehead atoms. The molecule has 12 heteroatoms. The third-order valence-electron chi connectivity index (χ3n) is 5.07. The molecule has 0 radical (unpaired) electrons. The Morgan fingerprint density at radius 3 is 2.53 bits per heavy atom. The van der Waals surface area contributed by atoms with Gasteiger partial charge in [0.05, 0.1) is 23.5 Å². The van der Waals surface area contributed by atoms with Gasteiger partial charge >= 0.3 is 6.18 Å². The summed E-state index contributed by atoms with van der Waals surface area (Å²) < 4.78 is 48.6. The van der Waals surface area contributed by atoms with Crippen LogP contribution in [0.15, 0.2) is 42.6 Å². The summed E-state index contributed by atoms with van der Waals surface area (Å²) in [6.07, 6.45) is -2.47. The number of ether oxygens (including phenoxy) is 1. The SMILES string of the molecule is COc1ccc(-c2cc(C(F)(F)F)n3nc(C(=O)NCCCn4cc(Cl)c(C)n4)cc3n2)cc1. The van der Waals surface area contributed by atoms with Crippen LogP contribution in [-0.4, -0.2) is 43.9 Å². The minimum absolute atomic E-state index is 0.0903. The van der Waals surface area contributed by atoms with E-state index < -0.39 is 17.8 Å². The minimum Gasteiger partial charge on any atom is -0.497 e. The normalized spacial score (nSPS) is 11.7. The number of amides is 1. The van der Waals surface area contributed by atoms with Gasteiger partial charge in [-0.3, -0.25) is 9.48 Å². The lowest BCUT2D eigenvalue weighted by Gasteiger charge is -2.11. The average Bonchev–Trinajstić information content (AvgIpc) is 3.38. The second kappa shape index (κ2) is 9.34. The van der Waals surface area contributed by atoms with E-state index in [1.165, 1.54) is 13.2 Å². The first kappa shape index (κ1) is 23.6. The van der Waals surface area contributed by atoms with Crippen LogP contribution in [0, 0.1) is 6.92 Å². The molecule has 1 N–H and O–H groups in total. The summed E-state index contributed by atoms with van der Waals surface area (Å²) in [5.74, 6) is -0.0331. The Hall–Kier alpha value is -3.60. The van der Waals surface area contributed by atoms with E-state index in [1.807, 2.05) is 0 Å². The lowest BCUT2D eigenvalue weighted by molar-refractivity contribution is -0.142. The van der Waals surface area contributed by atoms with Crippen LogP contribution < -0.4 is 10.1 Å². The van der Waals surface area contributed by atoms with E-state index in [4.69, 9.17) is 16.3 Å². The molecule has 4 rings (SSSR count). The van der Waals surface area contributed by atoms with Gasteiger partial charge in [0.1, 0.15) is 5.75 Å². The fraction of sp³-hybridized carbons (Fsp3) is 0.273. The van der Waals surface area contributed by atoms with Crippen LogP contribution in [0.3, 0.4) is 0 Å². The number of alkyl halides is 3. The number of aromatic nitrogens is 5. The molecule has 0 fully saturated rings. The van der Waals surface area contributed by atoms with Crippen LogP contribution in [0.5, 0.6) is 5.75 Å². The number of hydrogen-bond acceptors (Lipinski definition) is 5. The Bertz CT molecular complexity index is 1310. The molecule has 0 aliphatic carbocycles. The molecule has 0 unspecified atom stereocenters. The van der Waals surface area contributed by atoms with Gasteiger partial charge in [-0.25, -0.2) is 9.50 Å². The van der Waals surface area contributed by atoms with Gasteiger partial charge in [0.2, 0.25) is 0 Å². The van der Waals surface area contributed by atoms with Crippen molar-refractivity contribution in [2.45, 2.75) is 26.1 Å². The number of nitrogens with zero attached hydrogens (tertiary/aromatic N) is 5. The minimum atomic E-state index is -4.70. The Kier molecular flexibility index (Phi) is 6.47. The van der Waals surface area contributed by atoms with Crippen molar-refractivity contribution in [2.75, 3.05) is 13.7 Å². The number of hydrogen-bond donors (Lipinski definition) is 1. The predicted molar refractivity (Wildman–Crippen MR) is 119 cm³/mol. The molecular weight excluding hydrogens is 473 g/mol. The van der Waals surface area contributed by atoms with Gasteiger partial charge in [0.25, 0.3) is 5.91 Å². The molecule has 1 amide bonds. The molecule has 34 heavy (non-hydrogen) atoms. The van der Waals surface area contributed by atoms with Crippen molar-refractivity contribution >= 4 is 23.2 Å². The topological polar surface area (TPSA) is 86.3 Å². The zero-order chi connectivity index (χ0) is 24.5. The number of nitrogens with one attached hydrogen (secondary N) is 1. The van der Waals surface area contributed by atoms with Gasteiger partial charge in [-0.05, 0) is 43.7 Å². The highest BCUT2D eigenvalue weighted by Crippen LogP contribution is 2.32. The van der Waals surface area contributed by atoms with Gasteiger partial charge in [-0.1, -0.05) is 11.6 Å². The van der Waals surface area contributed by atoms with Gasteiger partial charge in [0, 0.05) is 30.9 Å². The zero-order valence-electron chi connectivity index (χ0n) is 18.2. The maximum atomic E-state index is 13.8. The first-order chi connectivity index (χ1) is 16.2. The van der Waals surface area contributed by atoms with E-state index in [9.17, 15) is 18.0 Å². The van der Waals surface area contributed by atoms with E-state index in [2.05, 4.69) is 20.5 Å². The second-order valence-electron chi connectivity index (χ2n) is 7.49. The molecule has 178 valence electrons. The van der Waals surface area contributed by atoms with E-state index >= 15 is 0 Å². The van der Waals surface area contributed by atoms with Crippen molar-refractivity contribution in [3.63, 3.8) is 0 Å². The van der Waals surface area contributed by atoms with Crippen LogP contribution in [0.4, 0.5) is 13.2 Å². The lowest BCUT2D eigenvalue weighted by atomic mass is 10.1. The second-order valence-corrected chi connectivity index (χ2v) is 7.89. The number of carbonyl (C=O) groups is 1. The third-order valence-corrected chi connectivity index (χ3v) is 5.44. The van der Waals surface area contributed by atoms with Crippen LogP contribution >= 0.6 is 11.6 Å². The molecule has 0 aliphatic rings. The van der Waals surface area contributed by atoms with Crippen molar-refractivity contribution in [3.05, 3.63) is 64.7 Å². The summed E-state index contributed by atoms with van der Waals surface area (Å²) in [4.78, 5) is 16.8. The number of aryl methyl sites for hydroxylation is 2. The third kappa shape index (κ3) is 4.98. The Labute approximate surface area is 197 Å². The first-order valence-electron chi connectivity index (χ1n) is 10.3. The van der Waals surface area contributed by atoms with Crippen molar-refractivity contribution in [2.24, 2.45) is 0 Å². The Morgan fingerprint density at radius 2 is 1.91 bits per heavy atom. The highest BCUT2D eigenvalue weighted by atomic mass is 35.5. The van der Waals surface area contributed by atoms with Crippen LogP contribution in [0.2, 0.25) is 5.02 Å². The number of halogens is 4. The molecule has 3 aromatic heterocycles. The highest BCUT2D eigenvalue weighted by Gasteiger charge is 2.35. The largest absolute Gasteiger partial charge is 0.497 e. The van der Waals surface area contributed by atoms with Crippen LogP contribution in [-0.2, 0) is 12.7 Å². The lowest BCUT2D eigenvalue weighted by Crippen LogP contribution is -2.26. The first-order valence-corrected chi connectivity index (χ1v) is 10.6. The molecule has 8 nitrogen and oxygen atoms in total. The van der Waals surface area contributed by atoms with Gasteiger partial charge in [-0.2, -0.15) is 23.4 Å². The molecule has 4 aromatic rings. The average molecular weight is 493 g/mol. The Balaban J connectivity index is 1.54. The number of benzene rings is 1. The summed E-state index contributed by atoms with van der Waals surface area (Å²) in [6.45, 7) is 2.58. The number of fused-ring (bicyclic) bond motifs is 1. The highest BCUT2D eigenvalue weighted by molar-refractivity contribution is 6.31.